The molecular formula is C15H29N3O. The lowest BCUT2D eigenvalue weighted by Crippen LogP contribution is -2.48. The number of hydrogen-bond acceptors (Lipinski definition) is 3. The fourth-order valence-corrected chi connectivity index (χ4v) is 3.51. The minimum Gasteiger partial charge on any atom is -0.358 e. The Morgan fingerprint density at radius 3 is 2.42 bits per heavy atom. The predicted octanol–water partition coefficient (Wildman–Crippen LogP) is 1.37. The van der Waals surface area contributed by atoms with Gasteiger partial charge in [-0.05, 0) is 38.5 Å². The van der Waals surface area contributed by atoms with E-state index in [9.17, 15) is 4.79 Å². The molecule has 0 aromatic heterocycles. The van der Waals surface area contributed by atoms with Crippen LogP contribution in [0.1, 0.15) is 45.4 Å². The molecule has 1 heterocycles. The van der Waals surface area contributed by atoms with E-state index >= 15 is 0 Å². The van der Waals surface area contributed by atoms with Crippen LogP contribution in [0.15, 0.2) is 0 Å². The van der Waals surface area contributed by atoms with Gasteiger partial charge < -0.3 is 10.6 Å². The van der Waals surface area contributed by atoms with Crippen molar-refractivity contribution in [1.82, 2.24) is 15.5 Å². The second-order valence-electron chi connectivity index (χ2n) is 6.22. The largest absolute Gasteiger partial charge is 0.358 e. The maximum atomic E-state index is 11.3. The molecule has 0 aromatic carbocycles. The highest BCUT2D eigenvalue weighted by molar-refractivity contribution is 5.77. The fraction of sp³-hybridized carbons (Fsp3) is 0.933. The smallest absolute Gasteiger partial charge is 0.233 e. The third kappa shape index (κ3) is 4.46. The molecule has 2 N–H and O–H groups in total. The lowest BCUT2D eigenvalue weighted by Gasteiger charge is -2.34. The molecule has 1 unspecified atom stereocenters. The van der Waals surface area contributed by atoms with Gasteiger partial charge in [-0.3, -0.25) is 9.69 Å². The van der Waals surface area contributed by atoms with Crippen molar-refractivity contribution in [2.45, 2.75) is 57.5 Å². The molecule has 1 amide bonds. The summed E-state index contributed by atoms with van der Waals surface area (Å²) in [5, 5.41) is 6.52. The van der Waals surface area contributed by atoms with Gasteiger partial charge in [0.15, 0.2) is 0 Å². The number of carbonyl (C=O) groups is 1. The van der Waals surface area contributed by atoms with E-state index in [-0.39, 0.29) is 5.91 Å². The quantitative estimate of drug-likeness (QED) is 0.790. The van der Waals surface area contributed by atoms with Crippen LogP contribution < -0.4 is 10.6 Å². The van der Waals surface area contributed by atoms with Crippen molar-refractivity contribution in [2.75, 3.05) is 26.7 Å². The Bertz CT molecular complexity index is 281. The predicted molar refractivity (Wildman–Crippen MR) is 78.1 cm³/mol. The molecule has 1 saturated heterocycles. The molecule has 4 heteroatoms. The first-order valence-electron chi connectivity index (χ1n) is 7.88. The van der Waals surface area contributed by atoms with Crippen molar-refractivity contribution in [3.63, 3.8) is 0 Å². The van der Waals surface area contributed by atoms with Crippen LogP contribution in [0.25, 0.3) is 0 Å². The van der Waals surface area contributed by atoms with E-state index in [1.165, 1.54) is 38.5 Å². The third-order valence-corrected chi connectivity index (χ3v) is 4.84. The van der Waals surface area contributed by atoms with Crippen molar-refractivity contribution in [1.29, 1.82) is 0 Å². The van der Waals surface area contributed by atoms with Gasteiger partial charge >= 0.3 is 0 Å². The molecular weight excluding hydrogens is 238 g/mol. The molecule has 19 heavy (non-hydrogen) atoms. The van der Waals surface area contributed by atoms with E-state index in [0.717, 1.165) is 19.0 Å². The summed E-state index contributed by atoms with van der Waals surface area (Å²) in [5.41, 5.74) is 0. The molecule has 2 fully saturated rings. The van der Waals surface area contributed by atoms with E-state index in [1.807, 2.05) is 0 Å². The van der Waals surface area contributed by atoms with Gasteiger partial charge in [0, 0.05) is 32.2 Å². The van der Waals surface area contributed by atoms with Crippen LogP contribution in [0.5, 0.6) is 0 Å². The summed E-state index contributed by atoms with van der Waals surface area (Å²) in [6, 6.07) is 1.31. The summed E-state index contributed by atoms with van der Waals surface area (Å²) in [6.45, 7) is 5.00. The monoisotopic (exact) mass is 267 g/mol. The Morgan fingerprint density at radius 2 is 1.84 bits per heavy atom. The average molecular weight is 267 g/mol. The van der Waals surface area contributed by atoms with Crippen molar-refractivity contribution in [2.24, 2.45) is 5.92 Å². The molecule has 1 aliphatic carbocycles. The molecule has 1 aliphatic heterocycles. The van der Waals surface area contributed by atoms with Gasteiger partial charge in [-0.25, -0.2) is 0 Å². The number of amides is 1. The Kier molecular flexibility index (Phi) is 5.64. The molecule has 1 atom stereocenters. The summed E-state index contributed by atoms with van der Waals surface area (Å²) in [6.07, 6.45) is 8.00. The summed E-state index contributed by atoms with van der Waals surface area (Å²) in [5.74, 6) is 1.02. The van der Waals surface area contributed by atoms with Gasteiger partial charge in [-0.1, -0.05) is 12.8 Å². The average Bonchev–Trinajstić information content (AvgIpc) is 2.95. The molecule has 0 radical (unpaired) electrons. The van der Waals surface area contributed by atoms with Gasteiger partial charge in [0.2, 0.25) is 5.91 Å². The molecule has 4 nitrogen and oxygen atoms in total. The Hall–Kier alpha value is -0.610. The SMILES string of the molecule is CNC(=O)CN1CCC(NC(C)C2CCCC2)CC1. The minimum atomic E-state index is 0.130. The van der Waals surface area contributed by atoms with Crippen molar-refractivity contribution in [3.05, 3.63) is 0 Å². The minimum absolute atomic E-state index is 0.130. The lowest BCUT2D eigenvalue weighted by molar-refractivity contribution is -0.122. The van der Waals surface area contributed by atoms with Crippen LogP contribution >= 0.6 is 0 Å². The summed E-state index contributed by atoms with van der Waals surface area (Å²) >= 11 is 0. The van der Waals surface area contributed by atoms with Crippen LogP contribution in [0.3, 0.4) is 0 Å². The van der Waals surface area contributed by atoms with Gasteiger partial charge in [0.05, 0.1) is 6.54 Å². The summed E-state index contributed by atoms with van der Waals surface area (Å²) in [4.78, 5) is 13.6. The molecule has 0 spiro atoms. The van der Waals surface area contributed by atoms with E-state index in [4.69, 9.17) is 0 Å². The van der Waals surface area contributed by atoms with E-state index in [1.54, 1.807) is 7.05 Å². The van der Waals surface area contributed by atoms with Crippen LogP contribution in [-0.4, -0.2) is 49.6 Å². The molecule has 110 valence electrons. The highest BCUT2D eigenvalue weighted by atomic mass is 16.1. The number of rotatable bonds is 5. The highest BCUT2D eigenvalue weighted by Crippen LogP contribution is 2.28. The number of carbonyl (C=O) groups excluding carboxylic acids is 1. The maximum absolute atomic E-state index is 11.3. The van der Waals surface area contributed by atoms with Crippen LogP contribution in [0, 0.1) is 5.92 Å². The van der Waals surface area contributed by atoms with Crippen LogP contribution in [-0.2, 0) is 4.79 Å². The molecule has 1 saturated carbocycles. The first-order valence-corrected chi connectivity index (χ1v) is 7.88. The van der Waals surface area contributed by atoms with Crippen molar-refractivity contribution >= 4 is 5.91 Å². The summed E-state index contributed by atoms with van der Waals surface area (Å²) in [7, 11) is 1.71. The number of nitrogens with zero attached hydrogens (tertiary/aromatic N) is 1. The van der Waals surface area contributed by atoms with Crippen molar-refractivity contribution < 1.29 is 4.79 Å². The van der Waals surface area contributed by atoms with Gasteiger partial charge in [-0.15, -0.1) is 0 Å². The normalized spacial score (nSPS) is 24.5. The number of hydrogen-bond donors (Lipinski definition) is 2. The Balaban J connectivity index is 1.66. The van der Waals surface area contributed by atoms with Gasteiger partial charge in [0.1, 0.15) is 0 Å². The van der Waals surface area contributed by atoms with Crippen molar-refractivity contribution in [3.8, 4) is 0 Å². The number of piperidine rings is 1. The van der Waals surface area contributed by atoms with E-state index in [0.29, 0.717) is 18.6 Å². The fourth-order valence-electron chi connectivity index (χ4n) is 3.51. The highest BCUT2D eigenvalue weighted by Gasteiger charge is 2.26. The molecule has 0 bridgehead atoms. The van der Waals surface area contributed by atoms with E-state index < -0.39 is 0 Å². The maximum Gasteiger partial charge on any atom is 0.233 e. The molecule has 0 aromatic rings. The van der Waals surface area contributed by atoms with Gasteiger partial charge in [-0.2, -0.15) is 0 Å². The first kappa shape index (κ1) is 14.8. The first-order chi connectivity index (χ1) is 9.19. The standard InChI is InChI=1S/C15H29N3O/c1-12(13-5-3-4-6-13)17-14-7-9-18(10-8-14)11-15(19)16-2/h12-14,17H,3-11H2,1-2H3,(H,16,19). The Morgan fingerprint density at radius 1 is 1.21 bits per heavy atom. The number of nitrogens with one attached hydrogen (secondary N) is 2. The number of likely N-dealkylation sites (tertiary alicyclic amines) is 1. The zero-order valence-electron chi connectivity index (χ0n) is 12.5. The second-order valence-corrected chi connectivity index (χ2v) is 6.22. The lowest BCUT2D eigenvalue weighted by atomic mass is 9.96. The molecule has 2 aliphatic rings. The van der Waals surface area contributed by atoms with E-state index in [2.05, 4.69) is 22.5 Å². The topological polar surface area (TPSA) is 44.4 Å². The molecule has 2 rings (SSSR count). The number of likely N-dealkylation sites (N-methyl/N-ethyl adjacent to an activating group) is 1. The zero-order chi connectivity index (χ0) is 13.7. The zero-order valence-corrected chi connectivity index (χ0v) is 12.5. The second kappa shape index (κ2) is 7.25. The third-order valence-electron chi connectivity index (χ3n) is 4.84. The summed E-state index contributed by atoms with van der Waals surface area (Å²) < 4.78 is 0. The Labute approximate surface area is 117 Å². The van der Waals surface area contributed by atoms with Gasteiger partial charge in [0.25, 0.3) is 0 Å². The van der Waals surface area contributed by atoms with Crippen LogP contribution in [0.2, 0.25) is 0 Å². The van der Waals surface area contributed by atoms with Crippen LogP contribution in [0.4, 0.5) is 0 Å².